The van der Waals surface area contributed by atoms with Gasteiger partial charge in [0.1, 0.15) is 11.6 Å². The van der Waals surface area contributed by atoms with E-state index in [4.69, 9.17) is 9.47 Å². The molecule has 4 aliphatic heterocycles. The van der Waals surface area contributed by atoms with Gasteiger partial charge in [-0.05, 0) is 98.1 Å². The molecule has 0 bridgehead atoms. The molecule has 6 heteroatoms. The summed E-state index contributed by atoms with van der Waals surface area (Å²) in [6.07, 6.45) is 6.52. The molecule has 0 saturated carbocycles. The summed E-state index contributed by atoms with van der Waals surface area (Å²) in [5.41, 5.74) is 4.58. The van der Waals surface area contributed by atoms with E-state index in [9.17, 15) is 8.78 Å². The van der Waals surface area contributed by atoms with E-state index >= 15 is 0 Å². The first-order valence-electron chi connectivity index (χ1n) is 12.0. The zero-order valence-corrected chi connectivity index (χ0v) is 18.4. The minimum Gasteiger partial charge on any atom is -0.372 e. The van der Waals surface area contributed by atoms with Crippen LogP contribution in [0, 0.1) is 11.6 Å². The van der Waals surface area contributed by atoms with Crippen LogP contribution in [0.4, 0.5) is 8.78 Å². The molecule has 0 unspecified atom stereocenters. The van der Waals surface area contributed by atoms with Crippen molar-refractivity contribution in [2.24, 2.45) is 0 Å². The average molecular weight is 443 g/mol. The smallest absolute Gasteiger partial charge is 0.123 e. The predicted octanol–water partition coefficient (Wildman–Crippen LogP) is 4.38. The highest BCUT2D eigenvalue weighted by atomic mass is 19.1. The number of nitrogens with one attached hydrogen (secondary N) is 2. The number of hydrogen-bond acceptors (Lipinski definition) is 4. The van der Waals surface area contributed by atoms with Crippen LogP contribution in [0.1, 0.15) is 60.1 Å². The van der Waals surface area contributed by atoms with E-state index in [1.54, 1.807) is 24.3 Å². The van der Waals surface area contributed by atoms with Crippen molar-refractivity contribution in [3.63, 3.8) is 0 Å². The maximum absolute atomic E-state index is 13.3. The van der Waals surface area contributed by atoms with Crippen LogP contribution >= 0.6 is 0 Å². The van der Waals surface area contributed by atoms with Crippen LogP contribution in [0.25, 0.3) is 0 Å². The quantitative estimate of drug-likeness (QED) is 0.724. The zero-order chi connectivity index (χ0) is 21.9. The van der Waals surface area contributed by atoms with Gasteiger partial charge in [-0.25, -0.2) is 8.78 Å². The second kappa shape index (κ2) is 9.96. The Morgan fingerprint density at radius 1 is 0.688 bits per heavy atom. The normalized spacial score (nSPS) is 29.1. The number of hydrogen-bond donors (Lipinski definition) is 2. The fourth-order valence-electron chi connectivity index (χ4n) is 5.49. The molecule has 172 valence electrons. The van der Waals surface area contributed by atoms with Crippen molar-refractivity contribution in [2.75, 3.05) is 26.3 Å². The standard InChI is InChI=1S/2C13H16FNO/c2*14-10-4-3-9-5-7-16-13(11(9)8-10)12-2-1-6-15-12/h2*3-4,8,12-13,15H,1-2,5-7H2/t12-,13+;12-,13-/m11/s1. The fraction of sp³-hybridized carbons (Fsp3) is 0.538. The van der Waals surface area contributed by atoms with E-state index < -0.39 is 0 Å². The van der Waals surface area contributed by atoms with Crippen molar-refractivity contribution in [1.82, 2.24) is 10.6 Å². The topological polar surface area (TPSA) is 42.5 Å². The summed E-state index contributed by atoms with van der Waals surface area (Å²) in [7, 11) is 0. The van der Waals surface area contributed by atoms with Crippen LogP contribution in [-0.2, 0) is 22.3 Å². The van der Waals surface area contributed by atoms with Crippen LogP contribution in [-0.4, -0.2) is 38.4 Å². The minimum atomic E-state index is -0.160. The van der Waals surface area contributed by atoms with E-state index in [0.717, 1.165) is 63.1 Å². The Kier molecular flexibility index (Phi) is 6.83. The summed E-state index contributed by atoms with van der Waals surface area (Å²) < 4.78 is 38.2. The molecule has 4 nitrogen and oxygen atoms in total. The molecule has 0 amide bonds. The van der Waals surface area contributed by atoms with Crippen molar-refractivity contribution in [3.8, 4) is 0 Å². The molecule has 2 fully saturated rings. The maximum Gasteiger partial charge on any atom is 0.123 e. The number of ether oxygens (including phenoxy) is 2. The van der Waals surface area contributed by atoms with Crippen molar-refractivity contribution in [2.45, 2.75) is 62.8 Å². The summed E-state index contributed by atoms with van der Waals surface area (Å²) in [6, 6.07) is 10.9. The number of halogens is 2. The van der Waals surface area contributed by atoms with E-state index in [0.29, 0.717) is 12.1 Å². The van der Waals surface area contributed by atoms with Gasteiger partial charge in [0.25, 0.3) is 0 Å². The fourth-order valence-corrected chi connectivity index (χ4v) is 5.49. The molecule has 2 aromatic rings. The third kappa shape index (κ3) is 4.74. The SMILES string of the molecule is Fc1ccc2c(c1)[C@@H]([C@H]1CCCN1)OCC2.Fc1ccc2c(c1)[C@H]([C@H]1CCCN1)OCC2. The van der Waals surface area contributed by atoms with Gasteiger partial charge in [-0.1, -0.05) is 12.1 Å². The highest BCUT2D eigenvalue weighted by molar-refractivity contribution is 5.33. The van der Waals surface area contributed by atoms with E-state index in [1.165, 1.54) is 24.0 Å². The van der Waals surface area contributed by atoms with Gasteiger partial charge in [0.05, 0.1) is 25.4 Å². The van der Waals surface area contributed by atoms with Crippen molar-refractivity contribution in [3.05, 3.63) is 70.3 Å². The summed E-state index contributed by atoms with van der Waals surface area (Å²) in [5, 5.41) is 6.88. The molecule has 0 aliphatic carbocycles. The molecule has 32 heavy (non-hydrogen) atoms. The lowest BCUT2D eigenvalue weighted by molar-refractivity contribution is 0.0196. The molecule has 6 rings (SSSR count). The third-order valence-corrected chi connectivity index (χ3v) is 7.09. The van der Waals surface area contributed by atoms with Crippen LogP contribution in [0.3, 0.4) is 0 Å². The lowest BCUT2D eigenvalue weighted by Gasteiger charge is -2.30. The second-order valence-corrected chi connectivity index (χ2v) is 9.17. The average Bonchev–Trinajstić information content (AvgIpc) is 3.53. The van der Waals surface area contributed by atoms with Gasteiger partial charge in [0, 0.05) is 12.1 Å². The van der Waals surface area contributed by atoms with Gasteiger partial charge in [-0.3, -0.25) is 0 Å². The first-order chi connectivity index (χ1) is 15.7. The zero-order valence-electron chi connectivity index (χ0n) is 18.4. The maximum atomic E-state index is 13.3. The van der Waals surface area contributed by atoms with Gasteiger partial charge in [0.15, 0.2) is 0 Å². The van der Waals surface area contributed by atoms with Crippen LogP contribution in [0.5, 0.6) is 0 Å². The van der Waals surface area contributed by atoms with Crippen molar-refractivity contribution < 1.29 is 18.3 Å². The molecule has 4 heterocycles. The summed E-state index contributed by atoms with van der Waals surface area (Å²) in [5.74, 6) is -0.320. The Balaban J connectivity index is 0.000000135. The van der Waals surface area contributed by atoms with Crippen molar-refractivity contribution in [1.29, 1.82) is 0 Å². The number of benzene rings is 2. The summed E-state index contributed by atoms with van der Waals surface area (Å²) in [4.78, 5) is 0. The van der Waals surface area contributed by atoms with Crippen molar-refractivity contribution >= 4 is 0 Å². The van der Waals surface area contributed by atoms with Crippen LogP contribution < -0.4 is 10.6 Å². The van der Waals surface area contributed by atoms with E-state index in [2.05, 4.69) is 10.6 Å². The lowest BCUT2D eigenvalue weighted by atomic mass is 9.92. The molecular weight excluding hydrogens is 410 g/mol. The molecule has 4 atom stereocenters. The largest absolute Gasteiger partial charge is 0.372 e. The molecule has 0 aromatic heterocycles. The monoisotopic (exact) mass is 442 g/mol. The summed E-state index contributed by atoms with van der Waals surface area (Å²) in [6.45, 7) is 3.60. The highest BCUT2D eigenvalue weighted by Crippen LogP contribution is 2.34. The third-order valence-electron chi connectivity index (χ3n) is 7.09. The van der Waals surface area contributed by atoms with Gasteiger partial charge in [-0.2, -0.15) is 0 Å². The summed E-state index contributed by atoms with van der Waals surface area (Å²) >= 11 is 0. The molecule has 0 spiro atoms. The Morgan fingerprint density at radius 3 is 1.56 bits per heavy atom. The predicted molar refractivity (Wildman–Crippen MR) is 120 cm³/mol. The Bertz CT molecular complexity index is 851. The molecular formula is C26H32F2N2O2. The van der Waals surface area contributed by atoms with Crippen LogP contribution in [0.15, 0.2) is 36.4 Å². The van der Waals surface area contributed by atoms with E-state index in [-0.39, 0.29) is 23.8 Å². The second-order valence-electron chi connectivity index (χ2n) is 9.17. The van der Waals surface area contributed by atoms with E-state index in [1.807, 2.05) is 12.1 Å². The molecule has 4 aliphatic rings. The van der Waals surface area contributed by atoms with Gasteiger partial charge in [0.2, 0.25) is 0 Å². The molecule has 0 radical (unpaired) electrons. The number of rotatable bonds is 2. The molecule has 2 aromatic carbocycles. The Labute approximate surface area is 188 Å². The first kappa shape index (κ1) is 22.0. The van der Waals surface area contributed by atoms with Crippen LogP contribution in [0.2, 0.25) is 0 Å². The minimum absolute atomic E-state index is 0.0435. The Hall–Kier alpha value is -1.86. The van der Waals surface area contributed by atoms with Gasteiger partial charge in [-0.15, -0.1) is 0 Å². The molecule has 2 N–H and O–H groups in total. The first-order valence-corrected chi connectivity index (χ1v) is 12.0. The highest BCUT2D eigenvalue weighted by Gasteiger charge is 2.32. The van der Waals surface area contributed by atoms with Gasteiger partial charge >= 0.3 is 0 Å². The Morgan fingerprint density at radius 2 is 1.16 bits per heavy atom. The van der Waals surface area contributed by atoms with Gasteiger partial charge < -0.3 is 20.1 Å². The number of fused-ring (bicyclic) bond motifs is 2. The molecule has 2 saturated heterocycles. The lowest BCUT2D eigenvalue weighted by Crippen LogP contribution is -2.33.